The van der Waals surface area contributed by atoms with E-state index in [0.29, 0.717) is 34.8 Å². The van der Waals surface area contributed by atoms with Crippen LogP contribution in [0.5, 0.6) is 0 Å². The van der Waals surface area contributed by atoms with Gasteiger partial charge in [-0.3, -0.25) is 4.79 Å². The maximum Gasteiger partial charge on any atom is 0.270 e. The van der Waals surface area contributed by atoms with Crippen molar-refractivity contribution in [2.75, 3.05) is 35.2 Å². The van der Waals surface area contributed by atoms with Crippen LogP contribution in [0.4, 0.5) is 17.2 Å². The Hall–Kier alpha value is -3.44. The number of carbonyl (C=O) groups excluding carboxylic acids is 1. The van der Waals surface area contributed by atoms with Crippen molar-refractivity contribution in [3.05, 3.63) is 52.7 Å². The summed E-state index contributed by atoms with van der Waals surface area (Å²) in [5.41, 5.74) is 9.19. The van der Waals surface area contributed by atoms with Crippen LogP contribution in [0.25, 0.3) is 10.6 Å². The van der Waals surface area contributed by atoms with E-state index in [1.165, 1.54) is 24.2 Å². The van der Waals surface area contributed by atoms with Crippen LogP contribution in [0.2, 0.25) is 0 Å². The molecule has 1 saturated heterocycles. The minimum atomic E-state index is -0.0780. The first kappa shape index (κ1) is 18.6. The van der Waals surface area contributed by atoms with Gasteiger partial charge in [0, 0.05) is 43.5 Å². The summed E-state index contributed by atoms with van der Waals surface area (Å²) in [6, 6.07) is 11.2. The monoisotopic (exact) mass is 416 g/mol. The van der Waals surface area contributed by atoms with Gasteiger partial charge in [0.05, 0.1) is 16.9 Å². The minimum Gasteiger partial charge on any atom is -0.398 e. The molecule has 7 nitrogen and oxygen atoms in total. The van der Waals surface area contributed by atoms with E-state index in [-0.39, 0.29) is 5.91 Å². The van der Waals surface area contributed by atoms with Crippen molar-refractivity contribution in [1.29, 1.82) is 5.26 Å². The van der Waals surface area contributed by atoms with Gasteiger partial charge in [0.15, 0.2) is 0 Å². The highest BCUT2D eigenvalue weighted by molar-refractivity contribution is 7.17. The zero-order chi connectivity index (χ0) is 20.7. The predicted molar refractivity (Wildman–Crippen MR) is 118 cm³/mol. The van der Waals surface area contributed by atoms with Gasteiger partial charge in [-0.2, -0.15) is 5.26 Å². The first-order valence-corrected chi connectivity index (χ1v) is 10.8. The molecule has 0 spiro atoms. The lowest BCUT2D eigenvalue weighted by molar-refractivity contribution is 0.0984. The van der Waals surface area contributed by atoms with E-state index in [0.717, 1.165) is 35.2 Å². The van der Waals surface area contributed by atoms with Gasteiger partial charge < -0.3 is 15.5 Å². The van der Waals surface area contributed by atoms with Crippen LogP contribution < -0.4 is 15.5 Å². The number of aromatic nitrogens is 2. The first-order chi connectivity index (χ1) is 14.6. The quantitative estimate of drug-likeness (QED) is 0.657. The molecule has 150 valence electrons. The maximum absolute atomic E-state index is 13.1. The molecule has 2 aliphatic rings. The van der Waals surface area contributed by atoms with E-state index < -0.39 is 0 Å². The molecule has 3 aromatic rings. The Labute approximate surface area is 178 Å². The average molecular weight is 417 g/mol. The van der Waals surface area contributed by atoms with Crippen molar-refractivity contribution in [3.8, 4) is 16.6 Å². The Balaban J connectivity index is 1.40. The fourth-order valence-electron chi connectivity index (χ4n) is 3.97. The highest BCUT2D eigenvalue weighted by Crippen LogP contribution is 2.34. The Morgan fingerprint density at radius 3 is 2.67 bits per heavy atom. The largest absolute Gasteiger partial charge is 0.398 e. The van der Waals surface area contributed by atoms with E-state index in [9.17, 15) is 4.79 Å². The summed E-state index contributed by atoms with van der Waals surface area (Å²) in [5.74, 6) is 0.920. The molecule has 1 aromatic carbocycles. The topological polar surface area (TPSA) is 99.1 Å². The minimum absolute atomic E-state index is 0.0780. The highest BCUT2D eigenvalue weighted by atomic mass is 32.1. The molecular formula is C22H20N6OS. The molecule has 0 radical (unpaired) electrons. The van der Waals surface area contributed by atoms with E-state index in [1.807, 2.05) is 18.3 Å². The number of amides is 1. The SMILES string of the molecule is N#Cc1ccc(N2CCc3nc(-c4ccc(N5CCCC5)nc4)sc3C2=O)cc1N. The number of benzene rings is 1. The van der Waals surface area contributed by atoms with E-state index in [1.54, 1.807) is 23.1 Å². The molecule has 8 heteroatoms. The second kappa shape index (κ2) is 7.43. The number of pyridine rings is 1. The third-order valence-corrected chi connectivity index (χ3v) is 6.74. The van der Waals surface area contributed by atoms with Crippen molar-refractivity contribution >= 4 is 34.4 Å². The maximum atomic E-state index is 13.1. The van der Waals surface area contributed by atoms with E-state index in [2.05, 4.69) is 16.0 Å². The molecule has 0 atom stereocenters. The number of nitrogen functional groups attached to an aromatic ring is 1. The summed E-state index contributed by atoms with van der Waals surface area (Å²) < 4.78 is 0. The summed E-state index contributed by atoms with van der Waals surface area (Å²) in [7, 11) is 0. The van der Waals surface area contributed by atoms with Crippen LogP contribution in [0.15, 0.2) is 36.5 Å². The molecule has 0 bridgehead atoms. The molecule has 4 heterocycles. The van der Waals surface area contributed by atoms with Crippen molar-refractivity contribution < 1.29 is 4.79 Å². The average Bonchev–Trinajstić information content (AvgIpc) is 3.45. The second-order valence-corrected chi connectivity index (χ2v) is 8.48. The number of carbonyl (C=O) groups is 1. The van der Waals surface area contributed by atoms with Gasteiger partial charge >= 0.3 is 0 Å². The molecular weight excluding hydrogens is 396 g/mol. The number of thiazole rings is 1. The number of hydrogen-bond donors (Lipinski definition) is 1. The lowest BCUT2D eigenvalue weighted by Crippen LogP contribution is -2.37. The Bertz CT molecular complexity index is 1160. The second-order valence-electron chi connectivity index (χ2n) is 7.48. The number of rotatable bonds is 3. The number of fused-ring (bicyclic) bond motifs is 1. The van der Waals surface area contributed by atoms with Crippen LogP contribution in [-0.4, -0.2) is 35.5 Å². The number of anilines is 3. The molecule has 5 rings (SSSR count). The molecule has 2 aromatic heterocycles. The molecule has 1 amide bonds. The Morgan fingerprint density at radius 1 is 1.13 bits per heavy atom. The lowest BCUT2D eigenvalue weighted by Gasteiger charge is -2.26. The summed E-state index contributed by atoms with van der Waals surface area (Å²) in [4.78, 5) is 27.1. The van der Waals surface area contributed by atoms with Crippen LogP contribution in [0.3, 0.4) is 0 Å². The van der Waals surface area contributed by atoms with Gasteiger partial charge in [0.25, 0.3) is 5.91 Å². The molecule has 0 unspecified atom stereocenters. The van der Waals surface area contributed by atoms with Gasteiger partial charge in [0.2, 0.25) is 0 Å². The van der Waals surface area contributed by atoms with Crippen molar-refractivity contribution in [1.82, 2.24) is 9.97 Å². The van der Waals surface area contributed by atoms with Gasteiger partial charge in [-0.15, -0.1) is 11.3 Å². The van der Waals surface area contributed by atoms with Gasteiger partial charge in [-0.25, -0.2) is 9.97 Å². The van der Waals surface area contributed by atoms with Crippen LogP contribution >= 0.6 is 11.3 Å². The summed E-state index contributed by atoms with van der Waals surface area (Å²) >= 11 is 1.41. The van der Waals surface area contributed by atoms with Gasteiger partial charge in [-0.1, -0.05) is 0 Å². The summed E-state index contributed by atoms with van der Waals surface area (Å²) in [6.07, 6.45) is 4.95. The molecule has 1 fully saturated rings. The smallest absolute Gasteiger partial charge is 0.270 e. The molecule has 30 heavy (non-hydrogen) atoms. The van der Waals surface area contributed by atoms with Crippen LogP contribution in [0.1, 0.15) is 33.8 Å². The third-order valence-electron chi connectivity index (χ3n) is 5.60. The normalized spacial score (nSPS) is 15.9. The van der Waals surface area contributed by atoms with Crippen LogP contribution in [0, 0.1) is 11.3 Å². The standard InChI is InChI=1S/C22H20N6OS/c23-12-14-3-5-16(11-17(14)24)28-10-7-18-20(22(28)29)30-21(26-18)15-4-6-19(25-13-15)27-8-1-2-9-27/h3-6,11,13H,1-2,7-10,24H2. The third kappa shape index (κ3) is 3.17. The zero-order valence-electron chi connectivity index (χ0n) is 16.3. The van der Waals surface area contributed by atoms with Gasteiger partial charge in [-0.05, 0) is 43.2 Å². The lowest BCUT2D eigenvalue weighted by atomic mass is 10.1. The Morgan fingerprint density at radius 2 is 1.97 bits per heavy atom. The zero-order valence-corrected chi connectivity index (χ0v) is 17.2. The van der Waals surface area contributed by atoms with Crippen molar-refractivity contribution in [2.24, 2.45) is 0 Å². The van der Waals surface area contributed by atoms with Crippen LogP contribution in [-0.2, 0) is 6.42 Å². The van der Waals surface area contributed by atoms with Gasteiger partial charge in [0.1, 0.15) is 21.8 Å². The molecule has 2 N–H and O–H groups in total. The summed E-state index contributed by atoms with van der Waals surface area (Å²) in [5, 5.41) is 9.88. The first-order valence-electron chi connectivity index (χ1n) is 9.96. The van der Waals surface area contributed by atoms with Crippen molar-refractivity contribution in [3.63, 3.8) is 0 Å². The van der Waals surface area contributed by atoms with Crippen molar-refractivity contribution in [2.45, 2.75) is 19.3 Å². The number of nitrogens with zero attached hydrogens (tertiary/aromatic N) is 5. The highest BCUT2D eigenvalue weighted by Gasteiger charge is 2.30. The number of hydrogen-bond acceptors (Lipinski definition) is 7. The fourth-order valence-corrected chi connectivity index (χ4v) is 5.02. The Kier molecular flexibility index (Phi) is 4.60. The van der Waals surface area contributed by atoms with E-state index >= 15 is 0 Å². The van der Waals surface area contributed by atoms with E-state index in [4.69, 9.17) is 16.0 Å². The molecule has 0 saturated carbocycles. The fraction of sp³-hybridized carbons (Fsp3) is 0.273. The predicted octanol–water partition coefficient (Wildman–Crippen LogP) is 3.46. The number of nitrogens with two attached hydrogens (primary N) is 1. The molecule has 0 aliphatic carbocycles. The molecule has 2 aliphatic heterocycles. The number of nitriles is 1. The summed E-state index contributed by atoms with van der Waals surface area (Å²) in [6.45, 7) is 2.65.